The molecule has 0 radical (unpaired) electrons. The number of amides is 1. The first kappa shape index (κ1) is 19.0. The van der Waals surface area contributed by atoms with Gasteiger partial charge in [-0.15, -0.1) is 11.3 Å². The van der Waals surface area contributed by atoms with Crippen LogP contribution in [0, 0.1) is 0 Å². The van der Waals surface area contributed by atoms with Crippen molar-refractivity contribution in [1.82, 2.24) is 5.32 Å². The molecule has 1 aromatic carbocycles. The van der Waals surface area contributed by atoms with Gasteiger partial charge in [-0.3, -0.25) is 4.79 Å². The monoisotopic (exact) mass is 395 g/mol. The van der Waals surface area contributed by atoms with Gasteiger partial charge in [0.1, 0.15) is 10.6 Å². The summed E-state index contributed by atoms with van der Waals surface area (Å²) in [6, 6.07) is 5.60. The Hall–Kier alpha value is -1.79. The smallest absolute Gasteiger partial charge is 0.350 e. The van der Waals surface area contributed by atoms with E-state index < -0.39 is 5.97 Å². The summed E-state index contributed by atoms with van der Waals surface area (Å²) in [4.78, 5) is 24.7. The number of benzene rings is 1. The van der Waals surface area contributed by atoms with Gasteiger partial charge < -0.3 is 14.8 Å². The van der Waals surface area contributed by atoms with Crippen molar-refractivity contribution in [2.45, 2.75) is 44.6 Å². The normalized spacial score (nSPS) is 15.5. The highest BCUT2D eigenvalue weighted by molar-refractivity contribution is 7.21. The Labute approximate surface area is 161 Å². The van der Waals surface area contributed by atoms with Crippen molar-refractivity contribution in [2.24, 2.45) is 0 Å². The lowest BCUT2D eigenvalue weighted by Gasteiger charge is -2.15. The predicted molar refractivity (Wildman–Crippen MR) is 103 cm³/mol. The van der Waals surface area contributed by atoms with Crippen molar-refractivity contribution in [3.8, 4) is 5.75 Å². The molecule has 3 rings (SSSR count). The summed E-state index contributed by atoms with van der Waals surface area (Å²) >= 11 is 7.54. The molecular formula is C19H22ClNO4S. The van der Waals surface area contributed by atoms with Gasteiger partial charge in [-0.05, 0) is 31.0 Å². The van der Waals surface area contributed by atoms with Gasteiger partial charge in [0.25, 0.3) is 5.91 Å². The van der Waals surface area contributed by atoms with Crippen molar-refractivity contribution in [3.05, 3.63) is 28.1 Å². The molecule has 140 valence electrons. The number of methoxy groups -OCH3 is 1. The van der Waals surface area contributed by atoms with Gasteiger partial charge in [0.05, 0.1) is 12.1 Å². The van der Waals surface area contributed by atoms with Crippen molar-refractivity contribution in [1.29, 1.82) is 0 Å². The van der Waals surface area contributed by atoms with Crippen LogP contribution in [0.1, 0.15) is 48.2 Å². The van der Waals surface area contributed by atoms with E-state index in [-0.39, 0.29) is 18.6 Å². The summed E-state index contributed by atoms with van der Waals surface area (Å²) in [5.41, 5.74) is 0. The summed E-state index contributed by atoms with van der Waals surface area (Å²) < 4.78 is 11.2. The zero-order valence-corrected chi connectivity index (χ0v) is 16.3. The number of nitrogens with one attached hydrogen (secondary N) is 1. The molecule has 0 spiro atoms. The van der Waals surface area contributed by atoms with E-state index in [1.165, 1.54) is 24.2 Å². The van der Waals surface area contributed by atoms with Crippen molar-refractivity contribution in [2.75, 3.05) is 13.7 Å². The summed E-state index contributed by atoms with van der Waals surface area (Å²) in [5.74, 6) is -0.145. The van der Waals surface area contributed by atoms with Crippen LogP contribution < -0.4 is 10.1 Å². The second-order valence-corrected chi connectivity index (χ2v) is 7.87. The van der Waals surface area contributed by atoms with Gasteiger partial charge in [0.2, 0.25) is 0 Å². The van der Waals surface area contributed by atoms with Gasteiger partial charge in [0, 0.05) is 16.1 Å². The highest BCUT2D eigenvalue weighted by Crippen LogP contribution is 2.37. The molecular weight excluding hydrogens is 374 g/mol. The van der Waals surface area contributed by atoms with Crippen LogP contribution in [0.4, 0.5) is 0 Å². The summed E-state index contributed by atoms with van der Waals surface area (Å²) in [7, 11) is 1.58. The van der Waals surface area contributed by atoms with Crippen LogP contribution in [0.25, 0.3) is 10.1 Å². The minimum absolute atomic E-state index is 0.184. The summed E-state index contributed by atoms with van der Waals surface area (Å²) in [6.07, 6.45) is 6.68. The highest BCUT2D eigenvalue weighted by Gasteiger charge is 2.21. The molecule has 2 aromatic rings. The topological polar surface area (TPSA) is 64.6 Å². The molecule has 5 nitrogen and oxygen atoms in total. The number of rotatable bonds is 5. The maximum Gasteiger partial charge on any atom is 0.350 e. The van der Waals surface area contributed by atoms with Crippen LogP contribution in [-0.2, 0) is 9.53 Å². The van der Waals surface area contributed by atoms with E-state index in [1.807, 2.05) is 12.1 Å². The van der Waals surface area contributed by atoms with Crippen molar-refractivity contribution >= 4 is 44.9 Å². The molecule has 0 aliphatic heterocycles. The zero-order chi connectivity index (χ0) is 18.5. The maximum absolute atomic E-state index is 12.3. The minimum atomic E-state index is -0.578. The number of halogens is 1. The molecule has 26 heavy (non-hydrogen) atoms. The number of ether oxygens (including phenoxy) is 2. The fraction of sp³-hybridized carbons (Fsp3) is 0.474. The highest BCUT2D eigenvalue weighted by atomic mass is 35.5. The molecule has 0 bridgehead atoms. The number of fused-ring (bicyclic) bond motifs is 1. The molecule has 1 heterocycles. The van der Waals surface area contributed by atoms with Crippen LogP contribution >= 0.6 is 22.9 Å². The Bertz CT molecular complexity index is 796. The van der Waals surface area contributed by atoms with E-state index in [2.05, 4.69) is 5.32 Å². The van der Waals surface area contributed by atoms with E-state index in [4.69, 9.17) is 21.1 Å². The number of carbonyl (C=O) groups excluding carboxylic acids is 2. The average Bonchev–Trinajstić information content (AvgIpc) is 2.81. The number of hydrogen-bond donors (Lipinski definition) is 1. The first-order valence-corrected chi connectivity index (χ1v) is 10.0. The third-order valence-electron chi connectivity index (χ3n) is 4.58. The van der Waals surface area contributed by atoms with Gasteiger partial charge >= 0.3 is 5.97 Å². The maximum atomic E-state index is 12.3. The molecule has 1 aliphatic rings. The Balaban J connectivity index is 1.60. The first-order chi connectivity index (χ1) is 12.6. The van der Waals surface area contributed by atoms with Crippen LogP contribution in [0.2, 0.25) is 5.02 Å². The van der Waals surface area contributed by atoms with E-state index in [9.17, 15) is 9.59 Å². The third-order valence-corrected chi connectivity index (χ3v) is 6.21. The quantitative estimate of drug-likeness (QED) is 0.595. The Morgan fingerprint density at radius 2 is 1.96 bits per heavy atom. The molecule has 1 aromatic heterocycles. The van der Waals surface area contributed by atoms with Gasteiger partial charge in [-0.25, -0.2) is 4.79 Å². The number of thiophene rings is 1. The van der Waals surface area contributed by atoms with Crippen LogP contribution in [0.15, 0.2) is 18.2 Å². The lowest BCUT2D eigenvalue weighted by molar-refractivity contribution is -0.125. The van der Waals surface area contributed by atoms with E-state index in [1.54, 1.807) is 13.2 Å². The van der Waals surface area contributed by atoms with E-state index in [0.717, 1.165) is 35.8 Å². The molecule has 7 heteroatoms. The standard InChI is InChI=1S/C19H22ClNO4S/c1-24-13-8-9-14-15(10-13)26-18(17(14)20)19(23)25-11-16(22)21-12-6-4-2-3-5-7-12/h8-10,12H,2-7,11H2,1H3,(H,21,22). The number of hydrogen-bond acceptors (Lipinski definition) is 5. The van der Waals surface area contributed by atoms with Crippen LogP contribution in [0.3, 0.4) is 0 Å². The minimum Gasteiger partial charge on any atom is -0.497 e. The molecule has 1 fully saturated rings. The third kappa shape index (κ3) is 4.48. The average molecular weight is 396 g/mol. The molecule has 0 unspecified atom stereocenters. The predicted octanol–water partition coefficient (Wildman–Crippen LogP) is 4.56. The SMILES string of the molecule is COc1ccc2c(Cl)c(C(=O)OCC(=O)NC3CCCCCC3)sc2c1. The molecule has 0 saturated heterocycles. The molecule has 1 N–H and O–H groups in total. The summed E-state index contributed by atoms with van der Waals surface area (Å²) in [5, 5.41) is 4.08. The van der Waals surface area contributed by atoms with Gasteiger partial charge in [-0.2, -0.15) is 0 Å². The zero-order valence-electron chi connectivity index (χ0n) is 14.7. The van der Waals surface area contributed by atoms with Crippen LogP contribution in [-0.4, -0.2) is 31.6 Å². The Kier molecular flexibility index (Phi) is 6.38. The van der Waals surface area contributed by atoms with Crippen LogP contribution in [0.5, 0.6) is 5.75 Å². The van der Waals surface area contributed by atoms with E-state index >= 15 is 0 Å². The molecule has 1 saturated carbocycles. The molecule has 1 aliphatic carbocycles. The number of carbonyl (C=O) groups is 2. The fourth-order valence-corrected chi connectivity index (χ4v) is 4.62. The largest absolute Gasteiger partial charge is 0.497 e. The molecule has 1 amide bonds. The van der Waals surface area contributed by atoms with Gasteiger partial charge in [-0.1, -0.05) is 37.3 Å². The second-order valence-electron chi connectivity index (χ2n) is 6.44. The van der Waals surface area contributed by atoms with E-state index in [0.29, 0.717) is 15.6 Å². The Morgan fingerprint density at radius 3 is 2.65 bits per heavy atom. The second kappa shape index (κ2) is 8.73. The lowest BCUT2D eigenvalue weighted by atomic mass is 10.1. The first-order valence-electron chi connectivity index (χ1n) is 8.81. The lowest BCUT2D eigenvalue weighted by Crippen LogP contribution is -2.37. The Morgan fingerprint density at radius 1 is 1.23 bits per heavy atom. The van der Waals surface area contributed by atoms with Crippen molar-refractivity contribution in [3.63, 3.8) is 0 Å². The fourth-order valence-electron chi connectivity index (χ4n) is 3.19. The number of esters is 1. The van der Waals surface area contributed by atoms with Crippen molar-refractivity contribution < 1.29 is 19.1 Å². The van der Waals surface area contributed by atoms with Gasteiger partial charge in [0.15, 0.2) is 6.61 Å². The molecule has 0 atom stereocenters. The summed E-state index contributed by atoms with van der Waals surface area (Å²) in [6.45, 7) is -0.288.